The summed E-state index contributed by atoms with van der Waals surface area (Å²) in [4.78, 5) is 5.71. The minimum Gasteiger partial charge on any atom is -0.326 e. The molecule has 0 radical (unpaired) electrons. The van der Waals surface area contributed by atoms with Gasteiger partial charge in [-0.25, -0.2) is 4.98 Å². The van der Waals surface area contributed by atoms with E-state index in [2.05, 4.69) is 43.9 Å². The summed E-state index contributed by atoms with van der Waals surface area (Å²) in [5, 5.41) is 2.10. The topological polar surface area (TPSA) is 43.8 Å². The van der Waals surface area contributed by atoms with E-state index in [1.165, 1.54) is 4.88 Å². The van der Waals surface area contributed by atoms with Crippen LogP contribution in [0, 0.1) is 0 Å². The van der Waals surface area contributed by atoms with Crippen LogP contribution in [-0.4, -0.2) is 15.6 Å². The number of halogens is 1. The fourth-order valence-corrected chi connectivity index (χ4v) is 3.81. The van der Waals surface area contributed by atoms with Crippen LogP contribution in [0.1, 0.15) is 37.0 Å². The highest BCUT2D eigenvalue weighted by molar-refractivity contribution is 9.10. The molecule has 0 fully saturated rings. The number of hydrogen-bond acceptors (Lipinski definition) is 3. The van der Waals surface area contributed by atoms with Gasteiger partial charge in [0.2, 0.25) is 0 Å². The predicted molar refractivity (Wildman–Crippen MR) is 80.0 cm³/mol. The van der Waals surface area contributed by atoms with Gasteiger partial charge in [-0.2, -0.15) is 0 Å². The lowest BCUT2D eigenvalue weighted by molar-refractivity contribution is 0.485. The third-order valence-electron chi connectivity index (χ3n) is 2.90. The maximum absolute atomic E-state index is 6.18. The molecular weight excluding hydrogens is 310 g/mol. The quantitative estimate of drug-likeness (QED) is 0.911. The minimum absolute atomic E-state index is 0.0559. The summed E-state index contributed by atoms with van der Waals surface area (Å²) in [6.07, 6.45) is 5.98. The van der Waals surface area contributed by atoms with Crippen LogP contribution in [0.25, 0.3) is 0 Å². The van der Waals surface area contributed by atoms with Gasteiger partial charge in [0.15, 0.2) is 0 Å². The summed E-state index contributed by atoms with van der Waals surface area (Å²) < 4.78 is 3.33. The van der Waals surface area contributed by atoms with Crippen molar-refractivity contribution in [2.24, 2.45) is 5.73 Å². The Hall–Kier alpha value is -0.650. The predicted octanol–water partition coefficient (Wildman–Crippen LogP) is 3.60. The van der Waals surface area contributed by atoms with E-state index < -0.39 is 0 Å². The molecule has 5 heteroatoms. The molecule has 18 heavy (non-hydrogen) atoms. The third-order valence-corrected chi connectivity index (χ3v) is 4.66. The van der Waals surface area contributed by atoms with Crippen LogP contribution in [0.3, 0.4) is 0 Å². The molecule has 3 nitrogen and oxygen atoms in total. The molecule has 0 saturated carbocycles. The number of hydrogen-bond donors (Lipinski definition) is 1. The van der Waals surface area contributed by atoms with E-state index >= 15 is 0 Å². The van der Waals surface area contributed by atoms with Gasteiger partial charge < -0.3 is 10.3 Å². The summed E-state index contributed by atoms with van der Waals surface area (Å²) in [5.41, 5.74) is 6.18. The second-order valence-corrected chi connectivity index (χ2v) is 6.33. The van der Waals surface area contributed by atoms with E-state index in [-0.39, 0.29) is 12.1 Å². The minimum atomic E-state index is 0.0559. The molecule has 0 aliphatic rings. The van der Waals surface area contributed by atoms with Gasteiger partial charge in [-0.05, 0) is 35.3 Å². The van der Waals surface area contributed by atoms with Crippen molar-refractivity contribution in [3.8, 4) is 0 Å². The molecule has 0 aliphatic carbocycles. The molecular formula is C13H18BrN3S. The molecule has 0 bridgehead atoms. The average molecular weight is 328 g/mol. The van der Waals surface area contributed by atoms with Crippen LogP contribution in [0.4, 0.5) is 0 Å². The number of rotatable bonds is 5. The Balaban J connectivity index is 2.38. The lowest BCUT2D eigenvalue weighted by Gasteiger charge is -2.23. The summed E-state index contributed by atoms with van der Waals surface area (Å²) >= 11 is 5.24. The molecule has 2 rings (SSSR count). The molecule has 2 atom stereocenters. The zero-order valence-corrected chi connectivity index (χ0v) is 13.0. The van der Waals surface area contributed by atoms with Crippen molar-refractivity contribution in [2.75, 3.05) is 0 Å². The van der Waals surface area contributed by atoms with Gasteiger partial charge in [0.05, 0.1) is 6.04 Å². The van der Waals surface area contributed by atoms with Crippen molar-refractivity contribution >= 4 is 27.3 Å². The fraction of sp³-hybridized carbons (Fsp3) is 0.462. The molecule has 2 aromatic rings. The van der Waals surface area contributed by atoms with E-state index in [0.717, 1.165) is 23.1 Å². The molecule has 0 aromatic carbocycles. The SMILES string of the molecule is CCCc1nccn1C(c1cc(Br)cs1)C(C)N. The normalized spacial score (nSPS) is 14.7. The summed E-state index contributed by atoms with van der Waals surface area (Å²) in [6, 6.07) is 2.37. The lowest BCUT2D eigenvalue weighted by atomic mass is 10.1. The van der Waals surface area contributed by atoms with Crippen LogP contribution in [0.15, 0.2) is 28.3 Å². The van der Waals surface area contributed by atoms with Gasteiger partial charge in [-0.1, -0.05) is 6.92 Å². The van der Waals surface area contributed by atoms with E-state index in [4.69, 9.17) is 5.73 Å². The Morgan fingerprint density at radius 3 is 2.89 bits per heavy atom. The molecule has 98 valence electrons. The van der Waals surface area contributed by atoms with Gasteiger partial charge in [0.25, 0.3) is 0 Å². The molecule has 2 heterocycles. The monoisotopic (exact) mass is 327 g/mol. The molecule has 0 aliphatic heterocycles. The maximum atomic E-state index is 6.18. The highest BCUT2D eigenvalue weighted by Gasteiger charge is 2.22. The first-order valence-corrected chi connectivity index (χ1v) is 7.82. The highest BCUT2D eigenvalue weighted by Crippen LogP contribution is 2.30. The second-order valence-electron chi connectivity index (χ2n) is 4.47. The Morgan fingerprint density at radius 1 is 1.56 bits per heavy atom. The van der Waals surface area contributed by atoms with E-state index in [9.17, 15) is 0 Å². The number of imidazole rings is 1. The molecule has 2 N–H and O–H groups in total. The first-order valence-electron chi connectivity index (χ1n) is 6.14. The number of nitrogens with two attached hydrogens (primary N) is 1. The van der Waals surface area contributed by atoms with Gasteiger partial charge in [0, 0.05) is 39.6 Å². The summed E-state index contributed by atoms with van der Waals surface area (Å²) in [5.74, 6) is 1.12. The summed E-state index contributed by atoms with van der Waals surface area (Å²) in [6.45, 7) is 4.22. The Bertz CT molecular complexity index is 504. The zero-order chi connectivity index (χ0) is 13.1. The third kappa shape index (κ3) is 2.84. The van der Waals surface area contributed by atoms with Crippen molar-refractivity contribution in [1.82, 2.24) is 9.55 Å². The highest BCUT2D eigenvalue weighted by atomic mass is 79.9. The van der Waals surface area contributed by atoms with E-state index in [1.54, 1.807) is 11.3 Å². The van der Waals surface area contributed by atoms with Gasteiger partial charge in [-0.3, -0.25) is 0 Å². The maximum Gasteiger partial charge on any atom is 0.109 e. The van der Waals surface area contributed by atoms with Crippen molar-refractivity contribution in [3.05, 3.63) is 39.0 Å². The van der Waals surface area contributed by atoms with Gasteiger partial charge in [-0.15, -0.1) is 11.3 Å². The lowest BCUT2D eigenvalue weighted by Crippen LogP contribution is -2.30. The molecule has 2 aromatic heterocycles. The Labute approximate surface area is 120 Å². The molecule has 0 spiro atoms. The second kappa shape index (κ2) is 5.99. The fourth-order valence-electron chi connectivity index (χ4n) is 2.15. The van der Waals surface area contributed by atoms with Crippen LogP contribution >= 0.6 is 27.3 Å². The van der Waals surface area contributed by atoms with Crippen LogP contribution < -0.4 is 5.73 Å². The van der Waals surface area contributed by atoms with E-state index in [0.29, 0.717) is 0 Å². The van der Waals surface area contributed by atoms with Crippen molar-refractivity contribution < 1.29 is 0 Å². The number of aryl methyl sites for hydroxylation is 1. The molecule has 2 unspecified atom stereocenters. The first-order chi connectivity index (χ1) is 8.63. The number of nitrogens with zero attached hydrogens (tertiary/aromatic N) is 2. The van der Waals surface area contributed by atoms with Gasteiger partial charge >= 0.3 is 0 Å². The number of thiophene rings is 1. The number of aromatic nitrogens is 2. The Kier molecular flexibility index (Phi) is 4.59. The van der Waals surface area contributed by atoms with Crippen molar-refractivity contribution in [1.29, 1.82) is 0 Å². The smallest absolute Gasteiger partial charge is 0.109 e. The van der Waals surface area contributed by atoms with Crippen molar-refractivity contribution in [3.63, 3.8) is 0 Å². The van der Waals surface area contributed by atoms with Crippen molar-refractivity contribution in [2.45, 2.75) is 38.8 Å². The standard InChI is InChI=1S/C13H18BrN3S/c1-3-4-12-16-5-6-17(12)13(9(2)15)11-7-10(14)8-18-11/h5-9,13H,3-4,15H2,1-2H3. The van der Waals surface area contributed by atoms with Crippen LogP contribution in [-0.2, 0) is 6.42 Å². The zero-order valence-electron chi connectivity index (χ0n) is 10.6. The largest absolute Gasteiger partial charge is 0.326 e. The molecule has 0 amide bonds. The van der Waals surface area contributed by atoms with Gasteiger partial charge in [0.1, 0.15) is 5.82 Å². The molecule has 0 saturated heterocycles. The van der Waals surface area contributed by atoms with E-state index in [1.807, 2.05) is 19.3 Å². The van der Waals surface area contributed by atoms with Crippen LogP contribution in [0.2, 0.25) is 0 Å². The first kappa shape index (κ1) is 13.8. The van der Waals surface area contributed by atoms with Crippen LogP contribution in [0.5, 0.6) is 0 Å². The Morgan fingerprint density at radius 2 is 2.33 bits per heavy atom. The average Bonchev–Trinajstić information content (AvgIpc) is 2.90. The summed E-state index contributed by atoms with van der Waals surface area (Å²) in [7, 11) is 0.